The molecule has 0 bridgehead atoms. The third-order valence-electron chi connectivity index (χ3n) is 5.67. The van der Waals surface area contributed by atoms with E-state index < -0.39 is 10.0 Å². The molecule has 0 aliphatic carbocycles. The number of ether oxygens (including phenoxy) is 1. The highest BCUT2D eigenvalue weighted by atomic mass is 32.2. The number of nitrogens with one attached hydrogen (secondary N) is 1. The lowest BCUT2D eigenvalue weighted by Crippen LogP contribution is -2.41. The van der Waals surface area contributed by atoms with E-state index in [0.29, 0.717) is 18.0 Å². The Bertz CT molecular complexity index is 1020. The van der Waals surface area contributed by atoms with Gasteiger partial charge in [0.25, 0.3) is 10.0 Å². The number of hydrogen-bond acceptors (Lipinski definition) is 5. The fourth-order valence-corrected chi connectivity index (χ4v) is 5.28. The van der Waals surface area contributed by atoms with Gasteiger partial charge in [-0.25, -0.2) is 8.42 Å². The molecule has 0 atom stereocenters. The van der Waals surface area contributed by atoms with Crippen molar-refractivity contribution in [3.8, 4) is 5.75 Å². The van der Waals surface area contributed by atoms with E-state index in [2.05, 4.69) is 10.2 Å². The van der Waals surface area contributed by atoms with Gasteiger partial charge < -0.3 is 15.0 Å². The Hall–Kier alpha value is -2.58. The Kier molecular flexibility index (Phi) is 8.15. The van der Waals surface area contributed by atoms with Crippen LogP contribution in [0.15, 0.2) is 47.4 Å². The maximum Gasteiger partial charge on any atom is 0.264 e. The summed E-state index contributed by atoms with van der Waals surface area (Å²) in [6.07, 6.45) is 3.30. The number of aryl methyl sites for hydroxylation is 2. The summed E-state index contributed by atoms with van der Waals surface area (Å²) in [6, 6.07) is 11.9. The summed E-state index contributed by atoms with van der Waals surface area (Å²) in [5, 5.41) is 2.88. The summed E-state index contributed by atoms with van der Waals surface area (Å²) in [7, 11) is -2.49. The van der Waals surface area contributed by atoms with Crippen molar-refractivity contribution in [1.82, 2.24) is 10.2 Å². The van der Waals surface area contributed by atoms with Crippen LogP contribution in [-0.2, 0) is 14.8 Å². The summed E-state index contributed by atoms with van der Waals surface area (Å²) < 4.78 is 33.7. The van der Waals surface area contributed by atoms with Gasteiger partial charge in [-0.3, -0.25) is 9.10 Å². The Morgan fingerprint density at radius 1 is 1.06 bits per heavy atom. The molecule has 1 aliphatic rings. The highest BCUT2D eigenvalue weighted by Gasteiger charge is 2.29. The van der Waals surface area contributed by atoms with Crippen LogP contribution < -0.4 is 14.4 Å². The highest BCUT2D eigenvalue weighted by Crippen LogP contribution is 2.33. The van der Waals surface area contributed by atoms with Gasteiger partial charge in [-0.15, -0.1) is 0 Å². The van der Waals surface area contributed by atoms with Gasteiger partial charge in [-0.05, 0) is 82.6 Å². The van der Waals surface area contributed by atoms with Crippen molar-refractivity contribution < 1.29 is 17.9 Å². The van der Waals surface area contributed by atoms with E-state index in [9.17, 15) is 13.2 Å². The molecule has 8 heteroatoms. The molecule has 1 fully saturated rings. The average Bonchev–Trinajstić information content (AvgIpc) is 3.29. The van der Waals surface area contributed by atoms with E-state index in [4.69, 9.17) is 4.74 Å². The molecule has 1 amide bonds. The minimum Gasteiger partial charge on any atom is -0.495 e. The molecule has 2 aromatic carbocycles. The van der Waals surface area contributed by atoms with E-state index in [1.807, 2.05) is 19.9 Å². The first-order valence-electron chi connectivity index (χ1n) is 11.0. The normalized spacial score (nSPS) is 14.3. The summed E-state index contributed by atoms with van der Waals surface area (Å²) in [4.78, 5) is 15.3. The van der Waals surface area contributed by atoms with Crippen molar-refractivity contribution in [2.24, 2.45) is 0 Å². The predicted octanol–water partition coefficient (Wildman–Crippen LogP) is 3.11. The minimum absolute atomic E-state index is 0.133. The number of likely N-dealkylation sites (tertiary alicyclic amines) is 1. The molecular formula is C24H33N3O4S. The number of sulfonamides is 1. The van der Waals surface area contributed by atoms with E-state index in [1.54, 1.807) is 36.4 Å². The van der Waals surface area contributed by atoms with Gasteiger partial charge in [0.1, 0.15) is 12.3 Å². The zero-order valence-corrected chi connectivity index (χ0v) is 20.0. The fourth-order valence-electron chi connectivity index (χ4n) is 3.86. The van der Waals surface area contributed by atoms with Gasteiger partial charge in [-0.2, -0.15) is 0 Å². The standard InChI is InChI=1S/C24H33N3O4S/c1-19-7-10-21(11-8-19)32(29,30)27(22-17-20(2)9-12-23(22)31-3)18-24(28)25-13-6-16-26-14-4-5-15-26/h7-12,17H,4-6,13-16,18H2,1-3H3,(H,25,28). The molecule has 174 valence electrons. The smallest absolute Gasteiger partial charge is 0.264 e. The van der Waals surface area contributed by atoms with Crippen LogP contribution in [0.1, 0.15) is 30.4 Å². The second-order valence-corrected chi connectivity index (χ2v) is 10.1. The SMILES string of the molecule is COc1ccc(C)cc1N(CC(=O)NCCCN1CCCC1)S(=O)(=O)c1ccc(C)cc1. The molecule has 1 heterocycles. The number of rotatable bonds is 10. The van der Waals surface area contributed by atoms with E-state index in [-0.39, 0.29) is 17.3 Å². The zero-order valence-electron chi connectivity index (χ0n) is 19.1. The lowest BCUT2D eigenvalue weighted by molar-refractivity contribution is -0.119. The van der Waals surface area contributed by atoms with Crippen LogP contribution in [0.25, 0.3) is 0 Å². The molecule has 2 aromatic rings. The topological polar surface area (TPSA) is 79.0 Å². The number of carbonyl (C=O) groups is 1. The van der Waals surface area contributed by atoms with Crippen LogP contribution in [-0.4, -0.2) is 59.1 Å². The van der Waals surface area contributed by atoms with Crippen LogP contribution in [0, 0.1) is 13.8 Å². The van der Waals surface area contributed by atoms with E-state index in [0.717, 1.165) is 41.5 Å². The van der Waals surface area contributed by atoms with Gasteiger partial charge in [0, 0.05) is 6.54 Å². The Morgan fingerprint density at radius 2 is 1.72 bits per heavy atom. The van der Waals surface area contributed by atoms with Crippen LogP contribution in [0.4, 0.5) is 5.69 Å². The van der Waals surface area contributed by atoms with Gasteiger partial charge in [-0.1, -0.05) is 23.8 Å². The molecule has 32 heavy (non-hydrogen) atoms. The molecule has 0 radical (unpaired) electrons. The maximum atomic E-state index is 13.5. The summed E-state index contributed by atoms with van der Waals surface area (Å²) in [5.41, 5.74) is 2.18. The largest absolute Gasteiger partial charge is 0.495 e. The van der Waals surface area contributed by atoms with Crippen molar-refractivity contribution in [3.05, 3.63) is 53.6 Å². The molecule has 0 saturated carbocycles. The molecule has 0 spiro atoms. The van der Waals surface area contributed by atoms with Gasteiger partial charge in [0.05, 0.1) is 17.7 Å². The summed E-state index contributed by atoms with van der Waals surface area (Å²) in [6.45, 7) is 7.13. The highest BCUT2D eigenvalue weighted by molar-refractivity contribution is 7.92. The quantitative estimate of drug-likeness (QED) is 0.553. The first-order chi connectivity index (χ1) is 15.3. The molecule has 1 saturated heterocycles. The second kappa shape index (κ2) is 10.8. The molecule has 7 nitrogen and oxygen atoms in total. The van der Waals surface area contributed by atoms with Crippen molar-refractivity contribution in [1.29, 1.82) is 0 Å². The van der Waals surface area contributed by atoms with Gasteiger partial charge >= 0.3 is 0 Å². The van der Waals surface area contributed by atoms with Crippen molar-refractivity contribution in [2.45, 2.75) is 38.0 Å². The number of anilines is 1. The van der Waals surface area contributed by atoms with Crippen LogP contribution in [0.5, 0.6) is 5.75 Å². The molecule has 0 unspecified atom stereocenters. The van der Waals surface area contributed by atoms with Crippen molar-refractivity contribution >= 4 is 21.6 Å². The third kappa shape index (κ3) is 6.01. The average molecular weight is 460 g/mol. The third-order valence-corrected chi connectivity index (χ3v) is 7.45. The first kappa shape index (κ1) is 24.1. The number of benzene rings is 2. The lowest BCUT2D eigenvalue weighted by atomic mass is 10.2. The van der Waals surface area contributed by atoms with Gasteiger partial charge in [0.2, 0.25) is 5.91 Å². The number of amides is 1. The summed E-state index contributed by atoms with van der Waals surface area (Å²) in [5.74, 6) is 0.0544. The number of methoxy groups -OCH3 is 1. The van der Waals surface area contributed by atoms with Crippen LogP contribution in [0.2, 0.25) is 0 Å². The van der Waals surface area contributed by atoms with Crippen LogP contribution >= 0.6 is 0 Å². The lowest BCUT2D eigenvalue weighted by Gasteiger charge is -2.26. The fraction of sp³-hybridized carbons (Fsp3) is 0.458. The Balaban J connectivity index is 1.80. The zero-order chi connectivity index (χ0) is 23.1. The molecular weight excluding hydrogens is 426 g/mol. The van der Waals surface area contributed by atoms with E-state index in [1.165, 1.54) is 20.0 Å². The molecule has 1 aliphatic heterocycles. The predicted molar refractivity (Wildman–Crippen MR) is 127 cm³/mol. The molecule has 3 rings (SSSR count). The van der Waals surface area contributed by atoms with Crippen molar-refractivity contribution in [2.75, 3.05) is 44.1 Å². The second-order valence-electron chi connectivity index (χ2n) is 8.25. The number of hydrogen-bond donors (Lipinski definition) is 1. The summed E-state index contributed by atoms with van der Waals surface area (Å²) >= 11 is 0. The van der Waals surface area contributed by atoms with Gasteiger partial charge in [0.15, 0.2) is 0 Å². The maximum absolute atomic E-state index is 13.5. The van der Waals surface area contributed by atoms with Crippen LogP contribution in [0.3, 0.4) is 0 Å². The molecule has 0 aromatic heterocycles. The number of nitrogens with zero attached hydrogens (tertiary/aromatic N) is 2. The van der Waals surface area contributed by atoms with E-state index >= 15 is 0 Å². The Labute approximate surface area is 191 Å². The monoisotopic (exact) mass is 459 g/mol. The number of carbonyl (C=O) groups excluding carboxylic acids is 1. The molecule has 1 N–H and O–H groups in total. The first-order valence-corrected chi connectivity index (χ1v) is 12.5. The minimum atomic E-state index is -3.97. The Morgan fingerprint density at radius 3 is 2.38 bits per heavy atom. The van der Waals surface area contributed by atoms with Crippen molar-refractivity contribution in [3.63, 3.8) is 0 Å².